The minimum atomic E-state index is -0.704. The first-order chi connectivity index (χ1) is 42.0. The average molecular weight is 1210 g/mol. The number of amides is 8. The number of hydrogen-bond acceptors (Lipinski definition) is 11. The molecule has 2 aliphatic carbocycles. The number of unbranched alkanes of at least 4 members (excludes halogenated alkanes) is 1. The second-order valence-corrected chi connectivity index (χ2v) is 25.8. The number of fused-ring (bicyclic) bond motifs is 29. The number of nitrogens with two attached hydrogens (primary N) is 2. The molecule has 470 valence electrons. The zero-order valence-electron chi connectivity index (χ0n) is 51.2. The molecule has 0 unspecified atom stereocenters. The SMILES string of the molecule is CC(C)CCC(=O)N1CC(=O)N[C@@H](Cc2ccccc2)CN(CC(N)=O)C(=O)CCSCc2ccc(cc2)C(=O)N[C@@H](Cc2ccccc2)CN(CCC2CC2)CC(=O)N[C@@H](Cc2ccccc2)CN(C(=O)CC2CC2)CC(=O)N[C@@H](CCCCN)C1. The molecule has 18 nitrogen and oxygen atoms in total. The van der Waals surface area contributed by atoms with Gasteiger partial charge in [-0.2, -0.15) is 11.8 Å². The molecule has 2 fully saturated rings. The summed E-state index contributed by atoms with van der Waals surface area (Å²) in [6.45, 7) is 4.51. The van der Waals surface area contributed by atoms with Crippen molar-refractivity contribution in [1.29, 1.82) is 0 Å². The molecule has 8 N–H and O–H groups in total. The smallest absolute Gasteiger partial charge is 0.251 e. The van der Waals surface area contributed by atoms with Crippen LogP contribution >= 0.6 is 11.8 Å². The molecule has 8 rings (SSSR count). The molecular weight excluding hydrogens is 1120 g/mol. The maximum Gasteiger partial charge on any atom is 0.251 e. The molecular formula is C68H94N10O8S. The summed E-state index contributed by atoms with van der Waals surface area (Å²) in [5.41, 5.74) is 16.0. The summed E-state index contributed by atoms with van der Waals surface area (Å²) >= 11 is 1.54. The number of hydrogen-bond donors (Lipinski definition) is 6. The van der Waals surface area contributed by atoms with Crippen LogP contribution in [0.25, 0.3) is 0 Å². The lowest BCUT2D eigenvalue weighted by Crippen LogP contribution is -2.55. The lowest BCUT2D eigenvalue weighted by atomic mass is 10.0. The minimum Gasteiger partial charge on any atom is -0.368 e. The quantitative estimate of drug-likeness (QED) is 0.0440. The van der Waals surface area contributed by atoms with E-state index < -0.39 is 35.8 Å². The molecule has 2 aliphatic heterocycles. The van der Waals surface area contributed by atoms with Crippen molar-refractivity contribution in [2.75, 3.05) is 71.2 Å². The Balaban J connectivity index is 1.21. The Labute approximate surface area is 519 Å². The largest absolute Gasteiger partial charge is 0.368 e. The van der Waals surface area contributed by atoms with Gasteiger partial charge in [-0.1, -0.05) is 136 Å². The Morgan fingerprint density at radius 2 is 1.10 bits per heavy atom. The highest BCUT2D eigenvalue weighted by Gasteiger charge is 2.33. The van der Waals surface area contributed by atoms with E-state index in [4.69, 9.17) is 11.5 Å². The van der Waals surface area contributed by atoms with Gasteiger partial charge in [-0.05, 0) is 123 Å². The number of primary amides is 1. The molecule has 2 saturated carbocycles. The van der Waals surface area contributed by atoms with E-state index in [0.29, 0.717) is 87.6 Å². The van der Waals surface area contributed by atoms with Crippen LogP contribution < -0.4 is 32.7 Å². The fourth-order valence-electron chi connectivity index (χ4n) is 11.2. The third-order valence-electron chi connectivity index (χ3n) is 16.2. The van der Waals surface area contributed by atoms with Gasteiger partial charge in [0, 0.05) is 74.6 Å². The maximum absolute atomic E-state index is 14.7. The number of nitrogens with zero attached hydrogens (tertiary/aromatic N) is 4. The van der Waals surface area contributed by atoms with E-state index in [0.717, 1.165) is 54.4 Å². The first-order valence-electron chi connectivity index (χ1n) is 31.5. The van der Waals surface area contributed by atoms with Crippen LogP contribution in [0.1, 0.15) is 124 Å². The number of carbonyl (C=O) groups is 8. The van der Waals surface area contributed by atoms with Crippen molar-refractivity contribution in [2.45, 2.75) is 140 Å². The van der Waals surface area contributed by atoms with Crippen LogP contribution in [0.5, 0.6) is 0 Å². The monoisotopic (exact) mass is 1210 g/mol. The second kappa shape index (κ2) is 35.7. The summed E-state index contributed by atoms with van der Waals surface area (Å²) in [7, 11) is 0. The first kappa shape index (κ1) is 67.4. The number of nitrogens with one attached hydrogen (secondary N) is 4. The molecule has 4 aliphatic rings. The molecule has 4 aromatic rings. The molecule has 0 radical (unpaired) electrons. The minimum absolute atomic E-state index is 0.00600. The van der Waals surface area contributed by atoms with Crippen LogP contribution in [0, 0.1) is 17.8 Å². The highest BCUT2D eigenvalue weighted by molar-refractivity contribution is 7.98. The van der Waals surface area contributed by atoms with E-state index in [2.05, 4.69) is 26.2 Å². The van der Waals surface area contributed by atoms with Crippen LogP contribution in [0.2, 0.25) is 0 Å². The van der Waals surface area contributed by atoms with Crippen LogP contribution in [0.15, 0.2) is 115 Å². The Bertz CT molecular complexity index is 2820. The van der Waals surface area contributed by atoms with E-state index in [1.807, 2.05) is 117 Å². The van der Waals surface area contributed by atoms with Crippen molar-refractivity contribution >= 4 is 59.0 Å². The maximum atomic E-state index is 14.7. The lowest BCUT2D eigenvalue weighted by Gasteiger charge is -2.32. The van der Waals surface area contributed by atoms with E-state index >= 15 is 0 Å². The molecule has 0 spiro atoms. The summed E-state index contributed by atoms with van der Waals surface area (Å²) in [5.74, 6) is -0.949. The highest BCUT2D eigenvalue weighted by atomic mass is 32.2. The molecule has 0 saturated heterocycles. The van der Waals surface area contributed by atoms with Gasteiger partial charge in [-0.3, -0.25) is 43.3 Å². The van der Waals surface area contributed by atoms with Crippen LogP contribution in [0.3, 0.4) is 0 Å². The van der Waals surface area contributed by atoms with Crippen molar-refractivity contribution < 1.29 is 38.4 Å². The summed E-state index contributed by atoms with van der Waals surface area (Å²) < 4.78 is 0. The second-order valence-electron chi connectivity index (χ2n) is 24.7. The van der Waals surface area contributed by atoms with Gasteiger partial charge in [0.25, 0.3) is 5.91 Å². The van der Waals surface area contributed by atoms with Gasteiger partial charge in [0.15, 0.2) is 0 Å². The number of thioether (sulfide) groups is 1. The Morgan fingerprint density at radius 1 is 0.586 bits per heavy atom. The highest BCUT2D eigenvalue weighted by Crippen LogP contribution is 2.33. The van der Waals surface area contributed by atoms with Crippen LogP contribution in [-0.4, -0.2) is 162 Å². The first-order valence-corrected chi connectivity index (χ1v) is 32.7. The summed E-state index contributed by atoms with van der Waals surface area (Å²) in [6.07, 6.45) is 8.99. The molecule has 19 heteroatoms. The number of carbonyl (C=O) groups excluding carboxylic acids is 8. The van der Waals surface area contributed by atoms with Gasteiger partial charge in [0.1, 0.15) is 0 Å². The zero-order valence-corrected chi connectivity index (χ0v) is 52.0. The van der Waals surface area contributed by atoms with Crippen molar-refractivity contribution in [3.05, 3.63) is 143 Å². The molecule has 2 bridgehead atoms. The van der Waals surface area contributed by atoms with Crippen molar-refractivity contribution in [3.63, 3.8) is 0 Å². The van der Waals surface area contributed by atoms with E-state index in [9.17, 15) is 38.4 Å². The Morgan fingerprint density at radius 3 is 1.64 bits per heavy atom. The third-order valence-corrected chi connectivity index (χ3v) is 17.3. The van der Waals surface area contributed by atoms with Gasteiger partial charge >= 0.3 is 0 Å². The molecule has 2 heterocycles. The fourth-order valence-corrected chi connectivity index (χ4v) is 12.0. The lowest BCUT2D eigenvalue weighted by molar-refractivity contribution is -0.138. The van der Waals surface area contributed by atoms with Gasteiger partial charge in [-0.25, -0.2) is 0 Å². The number of benzene rings is 4. The number of rotatable bonds is 20. The predicted octanol–water partition coefficient (Wildman–Crippen LogP) is 6.04. The fraction of sp³-hybridized carbons (Fsp3) is 0.529. The standard InChI is InChI=1S/C68H94N10O8S/c1-49(2)21-30-65(83)77-41-57(20-12-13-33-69)71-63(81)47-78(67(85)39-54-24-25-54)43-60(38-53-18-10-5-11-19-53)72-62(80)45-75(34-31-50-22-23-50)40-58(36-51-14-6-3-7-15-51)74-68(86)56-28-26-55(27-29-56)48-87-35-32-66(84)76(44-61(70)79)42-59(73-64(82)46-77)37-52-16-8-4-9-17-52/h3-11,14-19,26-29,49-50,54,57-60H,12-13,20-25,30-48,69H2,1-2H3,(H2,70,79)(H,71,81)(H,72,80)(H,73,82)(H,74,86)/t57-,58-,59-,60-/m0/s1. The average Bonchev–Trinajstić information content (AvgIpc) is 4.67. The molecule has 4 atom stereocenters. The van der Waals surface area contributed by atoms with Crippen molar-refractivity contribution in [1.82, 2.24) is 40.9 Å². The van der Waals surface area contributed by atoms with Gasteiger partial charge in [-0.15, -0.1) is 0 Å². The molecule has 8 amide bonds. The van der Waals surface area contributed by atoms with E-state index in [1.54, 1.807) is 17.0 Å². The molecule has 4 aromatic carbocycles. The van der Waals surface area contributed by atoms with E-state index in [1.165, 1.54) is 21.6 Å². The summed E-state index contributed by atoms with van der Waals surface area (Å²) in [5, 5.41) is 12.9. The predicted molar refractivity (Wildman–Crippen MR) is 342 cm³/mol. The normalized spacial score (nSPS) is 20.8. The van der Waals surface area contributed by atoms with Gasteiger partial charge in [0.2, 0.25) is 41.4 Å². The summed E-state index contributed by atoms with van der Waals surface area (Å²) in [6, 6.07) is 34.3. The molecule has 87 heavy (non-hydrogen) atoms. The summed E-state index contributed by atoms with van der Waals surface area (Å²) in [4.78, 5) is 120. The van der Waals surface area contributed by atoms with Crippen LogP contribution in [0.4, 0.5) is 0 Å². The zero-order chi connectivity index (χ0) is 61.9. The van der Waals surface area contributed by atoms with E-state index in [-0.39, 0.29) is 112 Å². The van der Waals surface area contributed by atoms with Crippen LogP contribution in [-0.2, 0) is 58.6 Å². The Kier molecular flexibility index (Phi) is 27.6. The topological polar surface area (TPSA) is 250 Å². The van der Waals surface area contributed by atoms with Crippen molar-refractivity contribution in [3.8, 4) is 0 Å². The Hall–Kier alpha value is -7.09. The molecule has 0 aromatic heterocycles. The van der Waals surface area contributed by atoms with Crippen molar-refractivity contribution in [2.24, 2.45) is 29.2 Å². The third kappa shape index (κ3) is 25.6. The van der Waals surface area contributed by atoms with Gasteiger partial charge < -0.3 is 47.4 Å². The van der Waals surface area contributed by atoms with Gasteiger partial charge in [0.05, 0.1) is 38.3 Å².